The summed E-state index contributed by atoms with van der Waals surface area (Å²) in [6, 6.07) is 8.81. The van der Waals surface area contributed by atoms with Crippen LogP contribution >= 0.6 is 11.6 Å². The first-order chi connectivity index (χ1) is 12.3. The van der Waals surface area contributed by atoms with Crippen molar-refractivity contribution in [2.24, 2.45) is 5.92 Å². The van der Waals surface area contributed by atoms with Crippen LogP contribution < -0.4 is 10.9 Å². The number of hydrogen-bond donors (Lipinski definition) is 2. The molecule has 0 spiro atoms. The largest absolute Gasteiger partial charge is 0.480 e. The molecular weight excluding hydrogens is 358 g/mol. The highest BCUT2D eigenvalue weighted by Crippen LogP contribution is 2.24. The molecule has 26 heavy (non-hydrogen) atoms. The van der Waals surface area contributed by atoms with E-state index >= 15 is 0 Å². The molecule has 1 amide bonds. The fourth-order valence-corrected chi connectivity index (χ4v) is 2.65. The Hall–Kier alpha value is -2.67. The van der Waals surface area contributed by atoms with E-state index < -0.39 is 23.5 Å². The number of carboxylic acids is 1. The molecule has 0 aliphatic carbocycles. The van der Waals surface area contributed by atoms with Gasteiger partial charge in [0, 0.05) is 11.6 Å². The number of aromatic nitrogens is 2. The quantitative estimate of drug-likeness (QED) is 0.770. The monoisotopic (exact) mass is 377 g/mol. The van der Waals surface area contributed by atoms with Gasteiger partial charge in [-0.05, 0) is 18.1 Å². The Morgan fingerprint density at radius 3 is 2.58 bits per heavy atom. The van der Waals surface area contributed by atoms with Gasteiger partial charge in [0.2, 0.25) is 5.91 Å². The van der Waals surface area contributed by atoms with Crippen molar-refractivity contribution < 1.29 is 14.7 Å². The Bertz CT molecular complexity index is 866. The number of halogens is 1. The predicted molar refractivity (Wildman–Crippen MR) is 98.0 cm³/mol. The summed E-state index contributed by atoms with van der Waals surface area (Å²) in [5, 5.41) is 16.3. The maximum absolute atomic E-state index is 12.2. The molecule has 0 radical (unpaired) electrons. The van der Waals surface area contributed by atoms with E-state index in [2.05, 4.69) is 10.4 Å². The minimum atomic E-state index is -1.11. The predicted octanol–water partition coefficient (Wildman–Crippen LogP) is 2.18. The maximum atomic E-state index is 12.2. The van der Waals surface area contributed by atoms with Crippen LogP contribution in [0.5, 0.6) is 0 Å². The smallest absolute Gasteiger partial charge is 0.326 e. The second kappa shape index (κ2) is 8.62. The highest BCUT2D eigenvalue weighted by Gasteiger charge is 2.25. The second-order valence-corrected chi connectivity index (χ2v) is 6.37. The topological polar surface area (TPSA) is 101 Å². The van der Waals surface area contributed by atoms with Gasteiger partial charge in [0.05, 0.1) is 10.7 Å². The molecule has 138 valence electrons. The lowest BCUT2D eigenvalue weighted by atomic mass is 9.99. The van der Waals surface area contributed by atoms with Crippen molar-refractivity contribution in [3.05, 3.63) is 51.8 Å². The zero-order valence-electron chi connectivity index (χ0n) is 14.5. The molecule has 8 heteroatoms. The van der Waals surface area contributed by atoms with Gasteiger partial charge in [-0.15, -0.1) is 0 Å². The number of rotatable bonds is 7. The number of hydrogen-bond acceptors (Lipinski definition) is 4. The fraction of sp³-hybridized carbons (Fsp3) is 0.333. The molecule has 0 aliphatic heterocycles. The number of carboxylic acid groups (broad SMARTS) is 1. The summed E-state index contributed by atoms with van der Waals surface area (Å²) >= 11 is 6.14. The van der Waals surface area contributed by atoms with Gasteiger partial charge in [0.15, 0.2) is 0 Å². The van der Waals surface area contributed by atoms with Crippen molar-refractivity contribution in [3.8, 4) is 11.3 Å². The van der Waals surface area contributed by atoms with Crippen LogP contribution in [-0.2, 0) is 16.1 Å². The SMILES string of the molecule is CC[C@H](C)[C@H](NC(=O)Cn1nc(-c2ccccc2Cl)ccc1=O)C(=O)O. The van der Waals surface area contributed by atoms with E-state index in [1.54, 1.807) is 31.2 Å². The first kappa shape index (κ1) is 19.7. The van der Waals surface area contributed by atoms with Crippen LogP contribution in [0.1, 0.15) is 20.3 Å². The molecule has 0 saturated heterocycles. The van der Waals surface area contributed by atoms with Gasteiger partial charge in [-0.25, -0.2) is 9.48 Å². The zero-order chi connectivity index (χ0) is 19.3. The molecule has 0 saturated carbocycles. The van der Waals surface area contributed by atoms with Crippen molar-refractivity contribution in [3.63, 3.8) is 0 Å². The van der Waals surface area contributed by atoms with E-state index in [9.17, 15) is 19.5 Å². The van der Waals surface area contributed by atoms with Gasteiger partial charge in [0.25, 0.3) is 5.56 Å². The van der Waals surface area contributed by atoms with E-state index in [4.69, 9.17) is 11.6 Å². The number of nitrogens with zero attached hydrogens (tertiary/aromatic N) is 2. The Morgan fingerprint density at radius 1 is 1.27 bits per heavy atom. The summed E-state index contributed by atoms with van der Waals surface area (Å²) in [6.07, 6.45) is 0.595. The highest BCUT2D eigenvalue weighted by molar-refractivity contribution is 6.33. The Balaban J connectivity index is 2.22. The summed E-state index contributed by atoms with van der Waals surface area (Å²) in [6.45, 7) is 3.20. The molecule has 0 bridgehead atoms. The average Bonchev–Trinajstić information content (AvgIpc) is 2.61. The molecule has 2 atom stereocenters. The number of carbonyl (C=O) groups is 2. The van der Waals surface area contributed by atoms with Gasteiger partial charge < -0.3 is 10.4 Å². The Labute approximate surface area is 155 Å². The molecule has 2 N–H and O–H groups in total. The minimum Gasteiger partial charge on any atom is -0.480 e. The number of nitrogens with one attached hydrogen (secondary N) is 1. The van der Waals surface area contributed by atoms with Crippen molar-refractivity contribution in [1.82, 2.24) is 15.1 Å². The number of carbonyl (C=O) groups excluding carboxylic acids is 1. The van der Waals surface area contributed by atoms with Crippen molar-refractivity contribution in [2.45, 2.75) is 32.9 Å². The Kier molecular flexibility index (Phi) is 6.52. The lowest BCUT2D eigenvalue weighted by Crippen LogP contribution is -2.47. The van der Waals surface area contributed by atoms with Crippen LogP contribution in [0.3, 0.4) is 0 Å². The molecule has 7 nitrogen and oxygen atoms in total. The van der Waals surface area contributed by atoms with E-state index in [-0.39, 0.29) is 12.5 Å². The van der Waals surface area contributed by atoms with Crippen LogP contribution in [0.15, 0.2) is 41.2 Å². The molecule has 1 heterocycles. The molecule has 0 unspecified atom stereocenters. The van der Waals surface area contributed by atoms with E-state index in [1.807, 2.05) is 6.92 Å². The lowest BCUT2D eigenvalue weighted by molar-refractivity contribution is -0.143. The number of aliphatic carboxylic acids is 1. The standard InChI is InChI=1S/C18H20ClN3O4/c1-3-11(2)17(18(25)26)20-15(23)10-22-16(24)9-8-14(21-22)12-6-4-5-7-13(12)19/h4-9,11,17H,3,10H2,1-2H3,(H,20,23)(H,25,26)/t11-,17-/m0/s1. The van der Waals surface area contributed by atoms with Crippen LogP contribution in [0.25, 0.3) is 11.3 Å². The maximum Gasteiger partial charge on any atom is 0.326 e. The van der Waals surface area contributed by atoms with Gasteiger partial charge in [-0.3, -0.25) is 9.59 Å². The van der Waals surface area contributed by atoms with Gasteiger partial charge >= 0.3 is 5.97 Å². The third-order valence-electron chi connectivity index (χ3n) is 4.11. The van der Waals surface area contributed by atoms with Crippen LogP contribution in [0.4, 0.5) is 0 Å². The van der Waals surface area contributed by atoms with E-state index in [0.717, 1.165) is 4.68 Å². The molecule has 0 fully saturated rings. The summed E-state index contributed by atoms with van der Waals surface area (Å²) < 4.78 is 0.990. The first-order valence-electron chi connectivity index (χ1n) is 8.18. The van der Waals surface area contributed by atoms with E-state index in [1.165, 1.54) is 12.1 Å². The average molecular weight is 378 g/mol. The molecule has 0 aliphatic rings. The number of benzene rings is 1. The van der Waals surface area contributed by atoms with Crippen LogP contribution in [-0.4, -0.2) is 32.8 Å². The molecule has 2 rings (SSSR count). The van der Waals surface area contributed by atoms with Crippen molar-refractivity contribution >= 4 is 23.5 Å². The lowest BCUT2D eigenvalue weighted by Gasteiger charge is -2.20. The Morgan fingerprint density at radius 2 is 1.96 bits per heavy atom. The zero-order valence-corrected chi connectivity index (χ0v) is 15.2. The molecule has 2 aromatic rings. The fourth-order valence-electron chi connectivity index (χ4n) is 2.41. The van der Waals surface area contributed by atoms with Crippen LogP contribution in [0, 0.1) is 5.92 Å². The summed E-state index contributed by atoms with van der Waals surface area (Å²) in [5.41, 5.74) is 0.609. The highest BCUT2D eigenvalue weighted by atomic mass is 35.5. The summed E-state index contributed by atoms with van der Waals surface area (Å²) in [7, 11) is 0. The number of amides is 1. The molecule has 1 aromatic carbocycles. The normalized spacial score (nSPS) is 13.0. The first-order valence-corrected chi connectivity index (χ1v) is 8.56. The van der Waals surface area contributed by atoms with E-state index in [0.29, 0.717) is 22.7 Å². The van der Waals surface area contributed by atoms with Gasteiger partial charge in [-0.2, -0.15) is 5.10 Å². The molecular formula is C18H20ClN3O4. The summed E-state index contributed by atoms with van der Waals surface area (Å²) in [5.74, 6) is -1.95. The van der Waals surface area contributed by atoms with Crippen molar-refractivity contribution in [1.29, 1.82) is 0 Å². The van der Waals surface area contributed by atoms with Crippen LogP contribution in [0.2, 0.25) is 5.02 Å². The minimum absolute atomic E-state index is 0.240. The van der Waals surface area contributed by atoms with Crippen molar-refractivity contribution in [2.75, 3.05) is 0 Å². The second-order valence-electron chi connectivity index (χ2n) is 5.96. The summed E-state index contributed by atoms with van der Waals surface area (Å²) in [4.78, 5) is 35.5. The van der Waals surface area contributed by atoms with Gasteiger partial charge in [0.1, 0.15) is 12.6 Å². The third kappa shape index (κ3) is 4.70. The third-order valence-corrected chi connectivity index (χ3v) is 4.43. The molecule has 1 aromatic heterocycles. The van der Waals surface area contributed by atoms with Gasteiger partial charge in [-0.1, -0.05) is 50.1 Å².